The lowest BCUT2D eigenvalue weighted by atomic mass is 10.0. The van der Waals surface area contributed by atoms with Crippen LogP contribution in [0.1, 0.15) is 26.7 Å². The lowest BCUT2D eigenvalue weighted by Crippen LogP contribution is -2.32. The van der Waals surface area contributed by atoms with E-state index in [1.165, 1.54) is 0 Å². The van der Waals surface area contributed by atoms with Gasteiger partial charge in [0.05, 0.1) is 0 Å². The monoisotopic (exact) mass is 290 g/mol. The van der Waals surface area contributed by atoms with Gasteiger partial charge in [-0.15, -0.1) is 0 Å². The SMILES string of the molecule is CCC(CC)(CNc1nccc2ccc(O)cc12)SC. The van der Waals surface area contributed by atoms with Gasteiger partial charge in [0.25, 0.3) is 0 Å². The molecule has 1 aromatic carbocycles. The summed E-state index contributed by atoms with van der Waals surface area (Å²) in [6, 6.07) is 7.35. The summed E-state index contributed by atoms with van der Waals surface area (Å²) in [5.74, 6) is 1.12. The molecule has 0 fully saturated rings. The largest absolute Gasteiger partial charge is 0.508 e. The highest BCUT2D eigenvalue weighted by atomic mass is 32.2. The molecule has 2 rings (SSSR count). The molecule has 3 nitrogen and oxygen atoms in total. The third-order valence-electron chi connectivity index (χ3n) is 4.05. The van der Waals surface area contributed by atoms with Gasteiger partial charge in [0.15, 0.2) is 0 Å². The van der Waals surface area contributed by atoms with Crippen molar-refractivity contribution in [3.05, 3.63) is 30.5 Å². The Hall–Kier alpha value is -1.42. The first-order valence-electron chi connectivity index (χ1n) is 7.01. The van der Waals surface area contributed by atoms with Crippen molar-refractivity contribution in [2.75, 3.05) is 18.1 Å². The van der Waals surface area contributed by atoms with Crippen LogP contribution >= 0.6 is 11.8 Å². The second-order valence-electron chi connectivity index (χ2n) is 5.01. The van der Waals surface area contributed by atoms with Gasteiger partial charge in [0.2, 0.25) is 0 Å². The molecule has 0 radical (unpaired) electrons. The number of thioether (sulfide) groups is 1. The molecular formula is C16H22N2OS. The van der Waals surface area contributed by atoms with E-state index in [2.05, 4.69) is 30.4 Å². The van der Waals surface area contributed by atoms with Crippen LogP contribution in [-0.2, 0) is 0 Å². The number of nitrogens with zero attached hydrogens (tertiary/aromatic N) is 1. The van der Waals surface area contributed by atoms with Crippen molar-refractivity contribution >= 4 is 28.4 Å². The van der Waals surface area contributed by atoms with E-state index in [0.29, 0.717) is 0 Å². The number of aromatic hydroxyl groups is 1. The first-order valence-corrected chi connectivity index (χ1v) is 8.23. The van der Waals surface area contributed by atoms with Crippen molar-refractivity contribution in [3.8, 4) is 5.75 Å². The Labute approximate surface area is 124 Å². The molecule has 108 valence electrons. The Balaban J connectivity index is 2.28. The maximum absolute atomic E-state index is 9.66. The van der Waals surface area contributed by atoms with Gasteiger partial charge in [-0.3, -0.25) is 0 Å². The average molecular weight is 290 g/mol. The molecule has 2 N–H and O–H groups in total. The standard InChI is InChI=1S/C16H22N2OS/c1-4-16(5-2,20-3)11-18-15-14-10-13(19)7-6-12(14)8-9-17-15/h6-10,19H,4-5,11H2,1-3H3,(H,17,18). The van der Waals surface area contributed by atoms with Crippen LogP contribution in [0.25, 0.3) is 10.8 Å². The Bertz CT molecular complexity index is 573. The van der Waals surface area contributed by atoms with E-state index in [4.69, 9.17) is 0 Å². The smallest absolute Gasteiger partial charge is 0.133 e. The van der Waals surface area contributed by atoms with Gasteiger partial charge < -0.3 is 10.4 Å². The van der Waals surface area contributed by atoms with Gasteiger partial charge >= 0.3 is 0 Å². The zero-order valence-corrected chi connectivity index (χ0v) is 13.1. The van der Waals surface area contributed by atoms with E-state index >= 15 is 0 Å². The summed E-state index contributed by atoms with van der Waals surface area (Å²) in [5.41, 5.74) is 0. The van der Waals surface area contributed by atoms with Crippen LogP contribution in [0.5, 0.6) is 5.75 Å². The second kappa shape index (κ2) is 6.35. The van der Waals surface area contributed by atoms with Crippen molar-refractivity contribution in [1.29, 1.82) is 0 Å². The average Bonchev–Trinajstić information content (AvgIpc) is 2.49. The van der Waals surface area contributed by atoms with Crippen LogP contribution in [0.15, 0.2) is 30.5 Å². The summed E-state index contributed by atoms with van der Waals surface area (Å²) in [4.78, 5) is 4.42. The number of fused-ring (bicyclic) bond motifs is 1. The summed E-state index contributed by atoms with van der Waals surface area (Å²) < 4.78 is 0.237. The Morgan fingerprint density at radius 2 is 2.00 bits per heavy atom. The van der Waals surface area contributed by atoms with Crippen LogP contribution in [0, 0.1) is 0 Å². The molecule has 0 aliphatic rings. The van der Waals surface area contributed by atoms with Crippen LogP contribution in [0.4, 0.5) is 5.82 Å². The van der Waals surface area contributed by atoms with Gasteiger partial charge in [-0.05, 0) is 42.7 Å². The summed E-state index contributed by atoms with van der Waals surface area (Å²) in [5, 5.41) is 15.2. The topological polar surface area (TPSA) is 45.2 Å². The first-order chi connectivity index (χ1) is 9.64. The molecule has 0 atom stereocenters. The number of nitrogens with one attached hydrogen (secondary N) is 1. The molecule has 0 unspecified atom stereocenters. The molecule has 0 amide bonds. The quantitative estimate of drug-likeness (QED) is 0.833. The van der Waals surface area contributed by atoms with E-state index in [1.54, 1.807) is 18.3 Å². The van der Waals surface area contributed by atoms with Crippen molar-refractivity contribution in [2.45, 2.75) is 31.4 Å². The van der Waals surface area contributed by atoms with Gasteiger partial charge in [-0.25, -0.2) is 4.98 Å². The minimum atomic E-state index is 0.237. The van der Waals surface area contributed by atoms with Crippen molar-refractivity contribution in [1.82, 2.24) is 4.98 Å². The normalized spacial score (nSPS) is 11.8. The maximum Gasteiger partial charge on any atom is 0.133 e. The van der Waals surface area contributed by atoms with E-state index in [0.717, 1.165) is 36.0 Å². The molecule has 0 saturated heterocycles. The lowest BCUT2D eigenvalue weighted by Gasteiger charge is -2.30. The molecule has 0 saturated carbocycles. The number of anilines is 1. The number of pyridine rings is 1. The van der Waals surface area contributed by atoms with Crippen LogP contribution in [0.2, 0.25) is 0 Å². The molecular weight excluding hydrogens is 268 g/mol. The fourth-order valence-corrected chi connectivity index (χ4v) is 3.20. The van der Waals surface area contributed by atoms with E-state index in [1.807, 2.05) is 23.9 Å². The van der Waals surface area contributed by atoms with Gasteiger partial charge in [0, 0.05) is 22.9 Å². The zero-order chi connectivity index (χ0) is 14.6. The fraction of sp³-hybridized carbons (Fsp3) is 0.438. The second-order valence-corrected chi connectivity index (χ2v) is 6.29. The third kappa shape index (κ3) is 3.01. The molecule has 1 aromatic heterocycles. The minimum Gasteiger partial charge on any atom is -0.508 e. The summed E-state index contributed by atoms with van der Waals surface area (Å²) in [6.07, 6.45) is 6.21. The van der Waals surface area contributed by atoms with E-state index in [-0.39, 0.29) is 10.5 Å². The predicted octanol–water partition coefficient (Wildman–Crippen LogP) is 4.27. The highest BCUT2D eigenvalue weighted by Gasteiger charge is 2.24. The minimum absolute atomic E-state index is 0.237. The lowest BCUT2D eigenvalue weighted by molar-refractivity contribution is 0.476. The van der Waals surface area contributed by atoms with Gasteiger partial charge in [0.1, 0.15) is 11.6 Å². The number of phenolic OH excluding ortho intramolecular Hbond substituents is 1. The molecule has 2 aromatic rings. The van der Waals surface area contributed by atoms with Crippen molar-refractivity contribution < 1.29 is 5.11 Å². The molecule has 0 aliphatic carbocycles. The molecule has 0 bridgehead atoms. The Morgan fingerprint density at radius 1 is 1.25 bits per heavy atom. The number of hydrogen-bond acceptors (Lipinski definition) is 4. The van der Waals surface area contributed by atoms with Crippen molar-refractivity contribution in [3.63, 3.8) is 0 Å². The highest BCUT2D eigenvalue weighted by Crippen LogP contribution is 2.32. The molecule has 4 heteroatoms. The Kier molecular flexibility index (Phi) is 4.76. The number of phenols is 1. The van der Waals surface area contributed by atoms with Crippen LogP contribution in [0.3, 0.4) is 0 Å². The third-order valence-corrected chi connectivity index (χ3v) is 5.64. The highest BCUT2D eigenvalue weighted by molar-refractivity contribution is 8.00. The summed E-state index contributed by atoms with van der Waals surface area (Å²) in [6.45, 7) is 5.33. The predicted molar refractivity (Wildman–Crippen MR) is 88.7 cm³/mol. The van der Waals surface area contributed by atoms with Crippen LogP contribution in [-0.4, -0.2) is 27.6 Å². The molecule has 0 aliphatic heterocycles. The van der Waals surface area contributed by atoms with E-state index in [9.17, 15) is 5.11 Å². The number of rotatable bonds is 6. The fourth-order valence-electron chi connectivity index (χ4n) is 2.40. The number of benzene rings is 1. The van der Waals surface area contributed by atoms with Crippen molar-refractivity contribution in [2.24, 2.45) is 0 Å². The maximum atomic E-state index is 9.66. The van der Waals surface area contributed by atoms with Gasteiger partial charge in [-0.2, -0.15) is 11.8 Å². The first kappa shape index (κ1) is 15.0. The van der Waals surface area contributed by atoms with Crippen LogP contribution < -0.4 is 5.32 Å². The molecule has 1 heterocycles. The summed E-state index contributed by atoms with van der Waals surface area (Å²) >= 11 is 1.91. The number of hydrogen-bond donors (Lipinski definition) is 2. The summed E-state index contributed by atoms with van der Waals surface area (Å²) in [7, 11) is 0. The number of aromatic nitrogens is 1. The molecule has 20 heavy (non-hydrogen) atoms. The molecule has 0 spiro atoms. The van der Waals surface area contributed by atoms with Gasteiger partial charge in [-0.1, -0.05) is 19.9 Å². The zero-order valence-electron chi connectivity index (χ0n) is 12.3. The van der Waals surface area contributed by atoms with E-state index < -0.39 is 0 Å². The Morgan fingerprint density at radius 3 is 2.65 bits per heavy atom.